The highest BCUT2D eigenvalue weighted by Gasteiger charge is 2.50. The van der Waals surface area contributed by atoms with Crippen LogP contribution in [-0.2, 0) is 16.0 Å². The van der Waals surface area contributed by atoms with E-state index in [0.717, 1.165) is 16.9 Å². The predicted molar refractivity (Wildman–Crippen MR) is 142 cm³/mol. The van der Waals surface area contributed by atoms with E-state index in [-0.39, 0.29) is 24.3 Å². The number of H-pyrrole nitrogens is 1. The van der Waals surface area contributed by atoms with Crippen molar-refractivity contribution >= 4 is 51.5 Å². The summed E-state index contributed by atoms with van der Waals surface area (Å²) in [6.07, 6.45) is 4.20. The quantitative estimate of drug-likeness (QED) is 0.303. The number of carbonyl (C=O) groups excluding carboxylic acids is 1. The molecule has 1 amide bonds. The maximum absolute atomic E-state index is 13.0. The van der Waals surface area contributed by atoms with Gasteiger partial charge in [0.15, 0.2) is 11.5 Å². The van der Waals surface area contributed by atoms with Gasteiger partial charge in [0.1, 0.15) is 11.3 Å². The number of aromatic amines is 1. The zero-order valence-corrected chi connectivity index (χ0v) is 21.8. The largest absolute Gasteiger partial charge is 0.388 e. The van der Waals surface area contributed by atoms with Crippen molar-refractivity contribution in [3.8, 4) is 0 Å². The lowest BCUT2D eigenvalue weighted by molar-refractivity contribution is -0.196. The number of fused-ring (bicyclic) bond motifs is 2. The fourth-order valence-corrected chi connectivity index (χ4v) is 6.01. The number of likely N-dealkylation sites (tertiary alicyclic amines) is 1. The van der Waals surface area contributed by atoms with E-state index in [1.807, 2.05) is 17.0 Å². The summed E-state index contributed by atoms with van der Waals surface area (Å²) in [6.45, 7) is 3.22. The second-order valence-electron chi connectivity index (χ2n) is 10.6. The molecule has 0 aliphatic carbocycles. The summed E-state index contributed by atoms with van der Waals surface area (Å²) in [7, 11) is 0. The van der Waals surface area contributed by atoms with E-state index >= 15 is 0 Å². The molecule has 6 rings (SSSR count). The van der Waals surface area contributed by atoms with Gasteiger partial charge in [-0.3, -0.25) is 4.79 Å². The third-order valence-electron chi connectivity index (χ3n) is 7.84. The summed E-state index contributed by atoms with van der Waals surface area (Å²) in [5.41, 5.74) is 12.7. The van der Waals surface area contributed by atoms with Gasteiger partial charge >= 0.3 is 0 Å². The number of imidazole rings is 2. The number of nitrogens with two attached hydrogens (primary N) is 2. The van der Waals surface area contributed by atoms with Crippen molar-refractivity contribution in [2.45, 2.75) is 56.3 Å². The Morgan fingerprint density at radius 1 is 1.26 bits per heavy atom. The smallest absolute Gasteiger partial charge is 0.224 e. The first kappa shape index (κ1) is 24.8. The Balaban J connectivity index is 1.08. The second-order valence-corrected chi connectivity index (χ2v) is 11.0. The van der Waals surface area contributed by atoms with E-state index in [1.165, 1.54) is 0 Å². The van der Waals surface area contributed by atoms with Gasteiger partial charge in [-0.25, -0.2) is 9.97 Å². The number of benzene rings is 1. The Morgan fingerprint density at radius 3 is 2.82 bits per heavy atom. The highest BCUT2D eigenvalue weighted by molar-refractivity contribution is 6.31. The van der Waals surface area contributed by atoms with Crippen molar-refractivity contribution < 1.29 is 14.6 Å². The lowest BCUT2D eigenvalue weighted by Gasteiger charge is -2.51. The first-order valence-corrected chi connectivity index (χ1v) is 13.0. The van der Waals surface area contributed by atoms with Crippen molar-refractivity contribution in [3.05, 3.63) is 35.4 Å². The summed E-state index contributed by atoms with van der Waals surface area (Å²) in [5.74, 6) is 1.09. The number of aryl methyl sites for hydroxylation is 1. The minimum absolute atomic E-state index is 0.0475. The Morgan fingerprint density at radius 2 is 2.05 bits per heavy atom. The van der Waals surface area contributed by atoms with Crippen LogP contribution in [0.2, 0.25) is 5.02 Å². The number of nitrogens with zero attached hydrogens (tertiary/aromatic N) is 6. The lowest BCUT2D eigenvalue weighted by atomic mass is 9.75. The number of anilines is 2. The molecule has 1 spiro atoms. The summed E-state index contributed by atoms with van der Waals surface area (Å²) in [4.78, 5) is 35.2. The van der Waals surface area contributed by atoms with Gasteiger partial charge in [0, 0.05) is 37.4 Å². The highest BCUT2D eigenvalue weighted by atomic mass is 35.5. The molecule has 3 aromatic heterocycles. The van der Waals surface area contributed by atoms with E-state index < -0.39 is 17.2 Å². The molecule has 2 saturated heterocycles. The molecule has 5 heterocycles. The first-order chi connectivity index (χ1) is 18.1. The number of rotatable bonds is 4. The number of amides is 1. The highest BCUT2D eigenvalue weighted by Crippen LogP contribution is 2.44. The molecule has 38 heavy (non-hydrogen) atoms. The van der Waals surface area contributed by atoms with E-state index in [2.05, 4.69) is 24.9 Å². The Hall–Kier alpha value is -3.48. The van der Waals surface area contributed by atoms with E-state index in [1.54, 1.807) is 23.9 Å². The van der Waals surface area contributed by atoms with Crippen molar-refractivity contribution in [2.75, 3.05) is 31.2 Å². The van der Waals surface area contributed by atoms with Crippen LogP contribution in [0.1, 0.15) is 44.5 Å². The van der Waals surface area contributed by atoms with Crippen LogP contribution in [0.25, 0.3) is 22.2 Å². The number of hydrogen-bond acceptors (Lipinski definition) is 9. The van der Waals surface area contributed by atoms with Crippen molar-refractivity contribution in [1.82, 2.24) is 34.4 Å². The van der Waals surface area contributed by atoms with Crippen LogP contribution in [0.4, 0.5) is 11.8 Å². The number of ether oxygens (including phenoxy) is 1. The number of nitrogens with one attached hydrogen (secondary N) is 1. The molecule has 200 valence electrons. The number of piperidine rings is 1. The topological polar surface area (TPSA) is 174 Å². The Bertz CT molecular complexity index is 1520. The fraction of sp³-hybridized carbons (Fsp3) is 0.480. The summed E-state index contributed by atoms with van der Waals surface area (Å²) >= 11 is 6.05. The summed E-state index contributed by atoms with van der Waals surface area (Å²) in [6, 6.07) is 5.07. The first-order valence-electron chi connectivity index (χ1n) is 12.7. The predicted octanol–water partition coefficient (Wildman–Crippen LogP) is 2.23. The summed E-state index contributed by atoms with van der Waals surface area (Å²) < 4.78 is 8.18. The molecule has 1 aromatic carbocycles. The molecule has 4 aromatic rings. The molecule has 0 saturated carbocycles. The van der Waals surface area contributed by atoms with Crippen LogP contribution < -0.4 is 11.5 Å². The number of nitrogen functional groups attached to an aromatic ring is 2. The van der Waals surface area contributed by atoms with E-state index in [4.69, 9.17) is 27.8 Å². The molecule has 6 N–H and O–H groups in total. The monoisotopic (exact) mass is 539 g/mol. The normalized spacial score (nSPS) is 23.4. The SMILES string of the molecule is C[C@@]1(O)CC2(CCN(C(=O)CCc3nc4ccc(Cl)cc4[nH]3)CC2)OC[C@H]1n1cnc2c(N)nc(N)nc21. The zero-order chi connectivity index (χ0) is 26.7. The lowest BCUT2D eigenvalue weighted by Crippen LogP contribution is -2.58. The molecule has 0 unspecified atom stereocenters. The molecule has 2 aliphatic heterocycles. The molecule has 0 radical (unpaired) electrons. The second kappa shape index (κ2) is 9.07. The number of carbonyl (C=O) groups is 1. The van der Waals surface area contributed by atoms with Gasteiger partial charge in [-0.05, 0) is 38.0 Å². The minimum atomic E-state index is -1.10. The van der Waals surface area contributed by atoms with E-state index in [0.29, 0.717) is 61.4 Å². The third-order valence-corrected chi connectivity index (χ3v) is 8.08. The fourth-order valence-electron chi connectivity index (χ4n) is 5.84. The number of halogens is 1. The average molecular weight is 540 g/mol. The number of aliphatic hydroxyl groups is 1. The third kappa shape index (κ3) is 4.42. The molecular formula is C25H30ClN9O3. The van der Waals surface area contributed by atoms with Gasteiger partial charge in [0.25, 0.3) is 0 Å². The number of aromatic nitrogens is 6. The Kier molecular flexibility index (Phi) is 5.93. The molecular weight excluding hydrogens is 510 g/mol. The molecule has 2 aliphatic rings. The van der Waals surface area contributed by atoms with E-state index in [9.17, 15) is 9.90 Å². The van der Waals surface area contributed by atoms with Crippen LogP contribution in [0.5, 0.6) is 0 Å². The van der Waals surface area contributed by atoms with Crippen molar-refractivity contribution in [2.24, 2.45) is 0 Å². The van der Waals surface area contributed by atoms with Gasteiger partial charge < -0.3 is 35.8 Å². The maximum Gasteiger partial charge on any atom is 0.224 e. The minimum Gasteiger partial charge on any atom is -0.388 e. The standard InChI is InChI=1S/C25H30ClN9O3/c1-24(37)12-25(38-11-17(24)35-13-29-20-21(27)32-23(28)33-22(20)35)6-8-34(9-7-25)19(36)5-4-18-30-15-3-2-14(26)10-16(15)31-18/h2-3,10,13,17,37H,4-9,11-12H2,1H3,(H,30,31)(H4,27,28,32,33)/t17-,24-/m1/s1. The number of hydrogen-bond donors (Lipinski definition) is 4. The average Bonchev–Trinajstić information content (AvgIpc) is 3.46. The Labute approximate surface area is 223 Å². The van der Waals surface area contributed by atoms with Gasteiger partial charge in [0.2, 0.25) is 11.9 Å². The molecule has 13 heteroatoms. The van der Waals surface area contributed by atoms with Gasteiger partial charge in [-0.1, -0.05) is 11.6 Å². The van der Waals surface area contributed by atoms with Gasteiger partial charge in [-0.15, -0.1) is 0 Å². The van der Waals surface area contributed by atoms with Crippen molar-refractivity contribution in [3.63, 3.8) is 0 Å². The van der Waals surface area contributed by atoms with Crippen LogP contribution in [0.3, 0.4) is 0 Å². The van der Waals surface area contributed by atoms with Crippen LogP contribution in [-0.4, -0.2) is 76.3 Å². The van der Waals surface area contributed by atoms with Crippen LogP contribution in [0.15, 0.2) is 24.5 Å². The van der Waals surface area contributed by atoms with Crippen molar-refractivity contribution in [1.29, 1.82) is 0 Å². The molecule has 2 atom stereocenters. The van der Waals surface area contributed by atoms with Gasteiger partial charge in [-0.2, -0.15) is 9.97 Å². The van der Waals surface area contributed by atoms with Crippen LogP contribution >= 0.6 is 11.6 Å². The maximum atomic E-state index is 13.0. The molecule has 2 fully saturated rings. The van der Waals surface area contributed by atoms with Gasteiger partial charge in [0.05, 0.1) is 41.2 Å². The summed E-state index contributed by atoms with van der Waals surface area (Å²) in [5, 5.41) is 12.2. The molecule has 12 nitrogen and oxygen atoms in total. The van der Waals surface area contributed by atoms with Crippen LogP contribution in [0, 0.1) is 0 Å². The molecule has 0 bridgehead atoms. The zero-order valence-electron chi connectivity index (χ0n) is 21.0.